The number of likely N-dealkylation sites (N-methyl/N-ethyl adjacent to an activating group) is 1. The molecule has 5 heteroatoms. The number of carbonyl (C=O) groups excluding carboxylic acids is 1. The Labute approximate surface area is 88.0 Å². The average molecular weight is 210 g/mol. The van der Waals surface area contributed by atoms with Crippen molar-refractivity contribution in [2.24, 2.45) is 0 Å². The smallest absolute Gasteiger partial charge is 0.257 e. The van der Waals surface area contributed by atoms with Crippen molar-refractivity contribution in [1.82, 2.24) is 9.88 Å². The van der Waals surface area contributed by atoms with E-state index in [9.17, 15) is 9.90 Å². The molecule has 1 aromatic heterocycles. The van der Waals surface area contributed by atoms with Crippen molar-refractivity contribution in [1.29, 1.82) is 0 Å². The summed E-state index contributed by atoms with van der Waals surface area (Å²) in [4.78, 5) is 17.0. The van der Waals surface area contributed by atoms with Crippen LogP contribution in [0, 0.1) is 0 Å². The summed E-state index contributed by atoms with van der Waals surface area (Å²) in [6.45, 7) is 2.47. The number of aromatic hydroxyl groups is 1. The van der Waals surface area contributed by atoms with Crippen LogP contribution in [-0.2, 0) is 0 Å². The highest BCUT2D eigenvalue weighted by Crippen LogP contribution is 2.16. The Kier molecular flexibility index (Phi) is 4.05. The van der Waals surface area contributed by atoms with Crippen molar-refractivity contribution in [3.8, 4) is 5.75 Å². The van der Waals surface area contributed by atoms with Crippen molar-refractivity contribution in [2.45, 2.75) is 6.92 Å². The minimum atomic E-state index is -0.300. The van der Waals surface area contributed by atoms with Crippen LogP contribution in [0.3, 0.4) is 0 Å². The highest BCUT2D eigenvalue weighted by Gasteiger charge is 2.16. The molecule has 0 saturated heterocycles. The summed E-state index contributed by atoms with van der Waals surface area (Å²) >= 11 is 0. The van der Waals surface area contributed by atoms with Gasteiger partial charge in [-0.1, -0.05) is 0 Å². The Morgan fingerprint density at radius 2 is 2.33 bits per heavy atom. The van der Waals surface area contributed by atoms with Crippen molar-refractivity contribution < 1.29 is 15.0 Å². The second kappa shape index (κ2) is 5.31. The molecule has 0 atom stereocenters. The van der Waals surface area contributed by atoms with Gasteiger partial charge in [-0.05, 0) is 13.0 Å². The van der Waals surface area contributed by atoms with E-state index in [1.165, 1.54) is 23.4 Å². The van der Waals surface area contributed by atoms with E-state index in [4.69, 9.17) is 5.11 Å². The zero-order valence-electron chi connectivity index (χ0n) is 8.55. The van der Waals surface area contributed by atoms with Gasteiger partial charge in [0, 0.05) is 19.3 Å². The predicted molar refractivity (Wildman–Crippen MR) is 54.6 cm³/mol. The van der Waals surface area contributed by atoms with Gasteiger partial charge < -0.3 is 15.1 Å². The van der Waals surface area contributed by atoms with Crippen molar-refractivity contribution in [2.75, 3.05) is 19.7 Å². The first kappa shape index (κ1) is 11.5. The minimum absolute atomic E-state index is 0.0918. The Morgan fingerprint density at radius 3 is 2.87 bits per heavy atom. The van der Waals surface area contributed by atoms with Crippen molar-refractivity contribution in [3.05, 3.63) is 24.0 Å². The summed E-state index contributed by atoms with van der Waals surface area (Å²) < 4.78 is 0. The van der Waals surface area contributed by atoms with Gasteiger partial charge in [0.25, 0.3) is 5.91 Å². The summed E-state index contributed by atoms with van der Waals surface area (Å²) in [7, 11) is 0. The molecule has 1 aromatic rings. The molecule has 15 heavy (non-hydrogen) atoms. The lowest BCUT2D eigenvalue weighted by molar-refractivity contribution is 0.0729. The Balaban J connectivity index is 2.88. The lowest BCUT2D eigenvalue weighted by Crippen LogP contribution is -2.33. The Hall–Kier alpha value is -1.62. The second-order valence-electron chi connectivity index (χ2n) is 3.00. The fraction of sp³-hybridized carbons (Fsp3) is 0.400. The summed E-state index contributed by atoms with van der Waals surface area (Å²) in [5.74, 6) is -0.440. The van der Waals surface area contributed by atoms with Crippen LogP contribution in [-0.4, -0.2) is 45.7 Å². The average Bonchev–Trinajstić information content (AvgIpc) is 2.25. The van der Waals surface area contributed by atoms with Gasteiger partial charge >= 0.3 is 0 Å². The Morgan fingerprint density at radius 1 is 1.60 bits per heavy atom. The first-order valence-corrected chi connectivity index (χ1v) is 4.73. The highest BCUT2D eigenvalue weighted by atomic mass is 16.3. The molecule has 0 aliphatic carbocycles. The molecule has 0 radical (unpaired) electrons. The molecule has 0 spiro atoms. The Bertz CT molecular complexity index is 341. The van der Waals surface area contributed by atoms with Gasteiger partial charge in [0.05, 0.1) is 18.4 Å². The number of aliphatic hydroxyl groups excluding tert-OH is 1. The van der Waals surface area contributed by atoms with Crippen molar-refractivity contribution >= 4 is 5.91 Å². The van der Waals surface area contributed by atoms with Crippen LogP contribution in [0.15, 0.2) is 18.5 Å². The number of carbonyl (C=O) groups is 1. The maximum atomic E-state index is 11.8. The third kappa shape index (κ3) is 2.66. The first-order valence-electron chi connectivity index (χ1n) is 4.73. The lowest BCUT2D eigenvalue weighted by Gasteiger charge is -2.19. The minimum Gasteiger partial charge on any atom is -0.505 e. The summed E-state index contributed by atoms with van der Waals surface area (Å²) in [5, 5.41) is 18.2. The second-order valence-corrected chi connectivity index (χ2v) is 3.00. The SMILES string of the molecule is CCN(CCO)C(=O)c1ccncc1O. The molecule has 0 fully saturated rings. The molecule has 0 bridgehead atoms. The number of aromatic nitrogens is 1. The third-order valence-corrected chi connectivity index (χ3v) is 2.07. The number of hydrogen-bond donors (Lipinski definition) is 2. The molecule has 1 amide bonds. The molecular weight excluding hydrogens is 196 g/mol. The fourth-order valence-corrected chi connectivity index (χ4v) is 1.26. The van der Waals surface area contributed by atoms with Gasteiger partial charge in [-0.15, -0.1) is 0 Å². The van der Waals surface area contributed by atoms with Crippen LogP contribution in [0.5, 0.6) is 5.75 Å². The van der Waals surface area contributed by atoms with E-state index in [2.05, 4.69) is 4.98 Å². The zero-order chi connectivity index (χ0) is 11.3. The number of aliphatic hydroxyl groups is 1. The van der Waals surface area contributed by atoms with Crippen LogP contribution in [0.1, 0.15) is 17.3 Å². The molecule has 0 saturated carbocycles. The third-order valence-electron chi connectivity index (χ3n) is 2.07. The molecule has 0 aliphatic rings. The number of amides is 1. The van der Waals surface area contributed by atoms with Crippen LogP contribution in [0.4, 0.5) is 0 Å². The van der Waals surface area contributed by atoms with Crippen LogP contribution in [0.2, 0.25) is 0 Å². The maximum absolute atomic E-state index is 11.8. The van der Waals surface area contributed by atoms with Crippen LogP contribution >= 0.6 is 0 Å². The van der Waals surface area contributed by atoms with E-state index < -0.39 is 0 Å². The van der Waals surface area contributed by atoms with E-state index in [0.717, 1.165) is 0 Å². The monoisotopic (exact) mass is 210 g/mol. The zero-order valence-corrected chi connectivity index (χ0v) is 8.55. The van der Waals surface area contributed by atoms with Crippen LogP contribution < -0.4 is 0 Å². The number of nitrogens with zero attached hydrogens (tertiary/aromatic N) is 2. The number of rotatable bonds is 4. The topological polar surface area (TPSA) is 73.7 Å². The summed E-state index contributed by atoms with van der Waals surface area (Å²) in [6.07, 6.45) is 2.67. The van der Waals surface area contributed by atoms with E-state index in [1.54, 1.807) is 0 Å². The van der Waals surface area contributed by atoms with E-state index in [-0.39, 0.29) is 30.4 Å². The molecule has 0 unspecified atom stereocenters. The maximum Gasteiger partial charge on any atom is 0.257 e. The highest BCUT2D eigenvalue weighted by molar-refractivity contribution is 5.96. The van der Waals surface area contributed by atoms with E-state index in [1.807, 2.05) is 6.92 Å². The lowest BCUT2D eigenvalue weighted by atomic mass is 10.2. The summed E-state index contributed by atoms with van der Waals surface area (Å²) in [6, 6.07) is 1.46. The van der Waals surface area contributed by atoms with Gasteiger partial charge in [0.1, 0.15) is 5.75 Å². The van der Waals surface area contributed by atoms with E-state index >= 15 is 0 Å². The van der Waals surface area contributed by atoms with E-state index in [0.29, 0.717) is 6.54 Å². The number of hydrogen-bond acceptors (Lipinski definition) is 4. The van der Waals surface area contributed by atoms with Crippen LogP contribution in [0.25, 0.3) is 0 Å². The van der Waals surface area contributed by atoms with Gasteiger partial charge in [-0.3, -0.25) is 9.78 Å². The standard InChI is InChI=1S/C10H14N2O3/c1-2-12(5-6-13)10(15)8-3-4-11-7-9(8)14/h3-4,7,13-14H,2,5-6H2,1H3. The largest absolute Gasteiger partial charge is 0.505 e. The molecule has 82 valence electrons. The number of pyridine rings is 1. The predicted octanol–water partition coefficient (Wildman–Crippen LogP) is 0.242. The summed E-state index contributed by atoms with van der Waals surface area (Å²) in [5.41, 5.74) is 0.209. The van der Waals surface area contributed by atoms with Gasteiger partial charge in [0.15, 0.2) is 0 Å². The molecular formula is C10H14N2O3. The van der Waals surface area contributed by atoms with Gasteiger partial charge in [0.2, 0.25) is 0 Å². The molecule has 1 heterocycles. The normalized spacial score (nSPS) is 10.0. The van der Waals surface area contributed by atoms with Gasteiger partial charge in [-0.25, -0.2) is 0 Å². The molecule has 0 aromatic carbocycles. The fourth-order valence-electron chi connectivity index (χ4n) is 1.26. The molecule has 1 rings (SSSR count). The van der Waals surface area contributed by atoms with Crippen molar-refractivity contribution in [3.63, 3.8) is 0 Å². The quantitative estimate of drug-likeness (QED) is 0.746. The molecule has 5 nitrogen and oxygen atoms in total. The molecule has 2 N–H and O–H groups in total. The first-order chi connectivity index (χ1) is 7.20. The molecule has 0 aliphatic heterocycles. The van der Waals surface area contributed by atoms with Gasteiger partial charge in [-0.2, -0.15) is 0 Å².